The Kier molecular flexibility index (Phi) is 1.33. The lowest BCUT2D eigenvalue weighted by Crippen LogP contribution is -2.15. The van der Waals surface area contributed by atoms with E-state index in [0.29, 0.717) is 0 Å². The Morgan fingerprint density at radius 3 is 1.56 bits per heavy atom. The largest absolute Gasteiger partial charge is 0.396 e. The zero-order valence-corrected chi connectivity index (χ0v) is 6.02. The molecule has 0 radical (unpaired) electrons. The van der Waals surface area contributed by atoms with E-state index < -0.39 is 0 Å². The first-order chi connectivity index (χ1) is 4.08. The van der Waals surface area contributed by atoms with Gasteiger partial charge in [-0.2, -0.15) is 0 Å². The van der Waals surface area contributed by atoms with Gasteiger partial charge >= 0.3 is 0 Å². The minimum Gasteiger partial charge on any atom is -0.396 e. The van der Waals surface area contributed by atoms with E-state index in [9.17, 15) is 0 Å². The molecule has 0 unspecified atom stereocenters. The van der Waals surface area contributed by atoms with E-state index in [0.717, 1.165) is 6.42 Å². The molecule has 0 spiro atoms. The maximum absolute atomic E-state index is 8.82. The number of rotatable bonds is 2. The minimum absolute atomic E-state index is 0.00174. The Balaban J connectivity index is 2.54. The second kappa shape index (κ2) is 1.70. The van der Waals surface area contributed by atoms with Crippen molar-refractivity contribution < 1.29 is 10.2 Å². The van der Waals surface area contributed by atoms with Crippen molar-refractivity contribution in [1.82, 2.24) is 0 Å². The molecule has 0 heterocycles. The Labute approximate surface area is 55.5 Å². The van der Waals surface area contributed by atoms with Gasteiger partial charge in [0.15, 0.2) is 0 Å². The molecule has 0 aromatic carbocycles. The van der Waals surface area contributed by atoms with Crippen molar-refractivity contribution in [1.29, 1.82) is 0 Å². The van der Waals surface area contributed by atoms with Crippen molar-refractivity contribution in [2.24, 2.45) is 10.8 Å². The van der Waals surface area contributed by atoms with Gasteiger partial charge in [-0.1, -0.05) is 13.8 Å². The van der Waals surface area contributed by atoms with Gasteiger partial charge in [0.05, 0.1) is 0 Å². The Bertz CT molecular complexity index is 110. The maximum atomic E-state index is 8.82. The van der Waals surface area contributed by atoms with Crippen molar-refractivity contribution in [3.63, 3.8) is 0 Å². The topological polar surface area (TPSA) is 40.5 Å². The molecule has 2 N–H and O–H groups in total. The summed E-state index contributed by atoms with van der Waals surface area (Å²) in [4.78, 5) is 0. The van der Waals surface area contributed by atoms with Gasteiger partial charge in [-0.05, 0) is 17.3 Å². The number of aliphatic hydroxyl groups excluding tert-OH is 2. The molecule has 0 aromatic heterocycles. The van der Waals surface area contributed by atoms with Crippen molar-refractivity contribution in [3.8, 4) is 0 Å². The van der Waals surface area contributed by atoms with E-state index >= 15 is 0 Å². The molecule has 0 bridgehead atoms. The van der Waals surface area contributed by atoms with E-state index in [-0.39, 0.29) is 24.0 Å². The van der Waals surface area contributed by atoms with Gasteiger partial charge in [-0.25, -0.2) is 0 Å². The van der Waals surface area contributed by atoms with Crippen LogP contribution in [-0.2, 0) is 0 Å². The van der Waals surface area contributed by atoms with E-state index in [1.807, 2.05) is 13.8 Å². The first kappa shape index (κ1) is 7.03. The summed E-state index contributed by atoms with van der Waals surface area (Å²) in [6.45, 7) is 4.40. The summed E-state index contributed by atoms with van der Waals surface area (Å²) in [7, 11) is 0. The van der Waals surface area contributed by atoms with Crippen LogP contribution < -0.4 is 0 Å². The third-order valence-corrected chi connectivity index (χ3v) is 2.81. The molecule has 2 nitrogen and oxygen atoms in total. The van der Waals surface area contributed by atoms with Gasteiger partial charge in [-0.3, -0.25) is 0 Å². The summed E-state index contributed by atoms with van der Waals surface area (Å²) >= 11 is 0. The highest BCUT2D eigenvalue weighted by Crippen LogP contribution is 2.62. The van der Waals surface area contributed by atoms with Crippen LogP contribution in [0.2, 0.25) is 0 Å². The molecule has 54 valence electrons. The minimum atomic E-state index is 0.00174. The van der Waals surface area contributed by atoms with Crippen molar-refractivity contribution in [2.45, 2.75) is 20.3 Å². The highest BCUT2D eigenvalue weighted by molar-refractivity contribution is 5.08. The Hall–Kier alpha value is -0.0800. The molecular weight excluding hydrogens is 116 g/mol. The highest BCUT2D eigenvalue weighted by atomic mass is 16.3. The summed E-state index contributed by atoms with van der Waals surface area (Å²) in [5.41, 5.74) is 0.00347. The van der Waals surface area contributed by atoms with Crippen molar-refractivity contribution >= 4 is 0 Å². The lowest BCUT2D eigenvalue weighted by atomic mass is 9.98. The summed E-state index contributed by atoms with van der Waals surface area (Å²) in [6, 6.07) is 0. The predicted molar refractivity (Wildman–Crippen MR) is 35.0 cm³/mol. The average molecular weight is 130 g/mol. The van der Waals surface area contributed by atoms with Crippen LogP contribution in [0.5, 0.6) is 0 Å². The summed E-state index contributed by atoms with van der Waals surface area (Å²) < 4.78 is 0. The fourth-order valence-corrected chi connectivity index (χ4v) is 1.31. The van der Waals surface area contributed by atoms with E-state index in [2.05, 4.69) is 0 Å². The second-order valence-electron chi connectivity index (χ2n) is 3.61. The van der Waals surface area contributed by atoms with Crippen LogP contribution in [0.15, 0.2) is 0 Å². The first-order valence-electron chi connectivity index (χ1n) is 3.30. The van der Waals surface area contributed by atoms with Crippen LogP contribution in [0.4, 0.5) is 0 Å². The second-order valence-corrected chi connectivity index (χ2v) is 3.61. The molecule has 0 aliphatic heterocycles. The highest BCUT2D eigenvalue weighted by Gasteiger charge is 2.59. The fraction of sp³-hybridized carbons (Fsp3) is 1.00. The lowest BCUT2D eigenvalue weighted by molar-refractivity contribution is 0.141. The molecule has 0 amide bonds. The van der Waals surface area contributed by atoms with Crippen LogP contribution in [0.25, 0.3) is 0 Å². The van der Waals surface area contributed by atoms with Gasteiger partial charge in [-0.15, -0.1) is 0 Å². The zero-order valence-electron chi connectivity index (χ0n) is 6.02. The van der Waals surface area contributed by atoms with Crippen LogP contribution in [0, 0.1) is 10.8 Å². The monoisotopic (exact) mass is 130 g/mol. The first-order valence-corrected chi connectivity index (χ1v) is 3.30. The quantitative estimate of drug-likeness (QED) is 0.567. The van der Waals surface area contributed by atoms with Gasteiger partial charge in [0.1, 0.15) is 0 Å². The van der Waals surface area contributed by atoms with E-state index in [1.54, 1.807) is 0 Å². The maximum Gasteiger partial charge on any atom is 0.0491 e. The molecule has 2 heteroatoms. The molecule has 1 saturated carbocycles. The molecule has 0 saturated heterocycles. The molecule has 1 aliphatic rings. The Morgan fingerprint density at radius 2 is 1.44 bits per heavy atom. The SMILES string of the molecule is C[C@]1(CO)C[C@]1(C)CO. The standard InChI is InChI=1S/C7H14O2/c1-6(4-8)3-7(6,2)5-9/h8-9H,3-5H2,1-2H3/t6-,7-/m1/s1. The third-order valence-electron chi connectivity index (χ3n) is 2.81. The van der Waals surface area contributed by atoms with E-state index in [1.165, 1.54) is 0 Å². The van der Waals surface area contributed by atoms with Crippen molar-refractivity contribution in [3.05, 3.63) is 0 Å². The molecule has 1 fully saturated rings. The average Bonchev–Trinajstić information content (AvgIpc) is 2.39. The molecule has 1 rings (SSSR count). The number of hydrogen-bond donors (Lipinski definition) is 2. The summed E-state index contributed by atoms with van der Waals surface area (Å²) in [6.07, 6.45) is 0.951. The lowest BCUT2D eigenvalue weighted by Gasteiger charge is -2.12. The van der Waals surface area contributed by atoms with Crippen LogP contribution >= 0.6 is 0 Å². The van der Waals surface area contributed by atoms with Gasteiger partial charge < -0.3 is 10.2 Å². The zero-order chi connectivity index (χ0) is 7.12. The third kappa shape index (κ3) is 0.775. The molecule has 0 aromatic rings. The predicted octanol–water partition coefficient (Wildman–Crippen LogP) is 0.387. The van der Waals surface area contributed by atoms with Crippen LogP contribution in [-0.4, -0.2) is 23.4 Å². The molecule has 9 heavy (non-hydrogen) atoms. The smallest absolute Gasteiger partial charge is 0.0491 e. The molecule has 1 aliphatic carbocycles. The molecular formula is C7H14O2. The van der Waals surface area contributed by atoms with E-state index in [4.69, 9.17) is 10.2 Å². The van der Waals surface area contributed by atoms with Crippen molar-refractivity contribution in [2.75, 3.05) is 13.2 Å². The Morgan fingerprint density at radius 1 is 1.11 bits per heavy atom. The van der Waals surface area contributed by atoms with Crippen LogP contribution in [0.1, 0.15) is 20.3 Å². The van der Waals surface area contributed by atoms with Gasteiger partial charge in [0.25, 0.3) is 0 Å². The normalized spacial score (nSPS) is 49.3. The molecule has 2 atom stereocenters. The van der Waals surface area contributed by atoms with Gasteiger partial charge in [0.2, 0.25) is 0 Å². The fourth-order valence-electron chi connectivity index (χ4n) is 1.31. The number of aliphatic hydroxyl groups is 2. The summed E-state index contributed by atoms with van der Waals surface area (Å²) in [5.74, 6) is 0. The number of hydrogen-bond acceptors (Lipinski definition) is 2. The summed E-state index contributed by atoms with van der Waals surface area (Å²) in [5, 5.41) is 17.6. The van der Waals surface area contributed by atoms with Gasteiger partial charge in [0, 0.05) is 13.2 Å². The van der Waals surface area contributed by atoms with Crippen LogP contribution in [0.3, 0.4) is 0 Å².